The van der Waals surface area contributed by atoms with Crippen LogP contribution in [0.5, 0.6) is 11.5 Å². The summed E-state index contributed by atoms with van der Waals surface area (Å²) in [6, 6.07) is 5.44. The van der Waals surface area contributed by atoms with Gasteiger partial charge in [0.05, 0.1) is 19.6 Å². The smallest absolute Gasteiger partial charge is 0.346 e. The number of methoxy groups -OCH3 is 2. The zero-order valence-electron chi connectivity index (χ0n) is 14.3. The van der Waals surface area contributed by atoms with E-state index >= 15 is 0 Å². The number of fused-ring (bicyclic) bond motifs is 1. The van der Waals surface area contributed by atoms with E-state index in [4.69, 9.17) is 9.47 Å². The van der Waals surface area contributed by atoms with Gasteiger partial charge in [0.1, 0.15) is 15.5 Å². The number of carboxylic acid groups (broad SMARTS) is 1. The summed E-state index contributed by atoms with van der Waals surface area (Å²) in [6.45, 7) is 1.61. The average molecular weight is 372 g/mol. The van der Waals surface area contributed by atoms with E-state index in [-0.39, 0.29) is 10.4 Å². The maximum Gasteiger partial charge on any atom is 0.346 e. The molecule has 7 nitrogen and oxygen atoms in total. The molecule has 26 heavy (non-hydrogen) atoms. The van der Waals surface area contributed by atoms with Crippen LogP contribution >= 0.6 is 11.3 Å². The number of thiophene rings is 1. The van der Waals surface area contributed by atoms with Crippen LogP contribution in [0.4, 0.5) is 0 Å². The number of para-hydroxylation sites is 1. The third-order valence-electron chi connectivity index (χ3n) is 3.87. The molecule has 0 aliphatic heterocycles. The number of nitrogens with zero attached hydrogens (tertiary/aromatic N) is 1. The molecule has 0 fully saturated rings. The highest BCUT2D eigenvalue weighted by Gasteiger charge is 2.18. The van der Waals surface area contributed by atoms with Crippen molar-refractivity contribution >= 4 is 39.7 Å². The van der Waals surface area contributed by atoms with Gasteiger partial charge >= 0.3 is 5.97 Å². The number of H-pyrrole nitrogens is 1. The number of hydrogen-bond donors (Lipinski definition) is 2. The van der Waals surface area contributed by atoms with Crippen molar-refractivity contribution in [3.8, 4) is 11.5 Å². The Morgan fingerprint density at radius 2 is 2.04 bits per heavy atom. The van der Waals surface area contributed by atoms with E-state index in [0.717, 1.165) is 16.9 Å². The summed E-state index contributed by atoms with van der Waals surface area (Å²) in [5, 5.41) is 9.53. The molecule has 8 heteroatoms. The molecule has 3 rings (SSSR count). The van der Waals surface area contributed by atoms with E-state index < -0.39 is 5.97 Å². The van der Waals surface area contributed by atoms with Crippen LogP contribution in [-0.2, 0) is 0 Å². The van der Waals surface area contributed by atoms with E-state index in [1.807, 2.05) is 12.1 Å². The lowest BCUT2D eigenvalue weighted by Crippen LogP contribution is -2.09. The Morgan fingerprint density at radius 3 is 2.69 bits per heavy atom. The third-order valence-corrected chi connectivity index (χ3v) is 5.04. The lowest BCUT2D eigenvalue weighted by Gasteiger charge is -2.09. The summed E-state index contributed by atoms with van der Waals surface area (Å²) >= 11 is 0.986. The van der Waals surface area contributed by atoms with Gasteiger partial charge < -0.3 is 19.6 Å². The maximum atomic E-state index is 12.3. The molecule has 2 N–H and O–H groups in total. The van der Waals surface area contributed by atoms with Gasteiger partial charge in [-0.25, -0.2) is 9.78 Å². The quantitative estimate of drug-likeness (QED) is 0.713. The average Bonchev–Trinajstić information content (AvgIpc) is 2.96. The SMILES string of the molecule is COc1cccc(/C=C/c2nc3sc(C(=O)O)c(C)c3c(=O)[nH]2)c1OC. The Labute approximate surface area is 152 Å². The number of aromatic nitrogens is 2. The number of carboxylic acids is 1. The van der Waals surface area contributed by atoms with Gasteiger partial charge in [0.25, 0.3) is 5.56 Å². The first-order valence-electron chi connectivity index (χ1n) is 7.62. The van der Waals surface area contributed by atoms with Crippen molar-refractivity contribution in [2.24, 2.45) is 0 Å². The van der Waals surface area contributed by atoms with Crippen LogP contribution in [0.1, 0.15) is 26.6 Å². The van der Waals surface area contributed by atoms with E-state index in [0.29, 0.717) is 33.1 Å². The molecule has 0 radical (unpaired) electrons. The van der Waals surface area contributed by atoms with Gasteiger partial charge in [-0.15, -0.1) is 11.3 Å². The predicted molar refractivity (Wildman–Crippen MR) is 100 cm³/mol. The normalized spacial score (nSPS) is 11.2. The molecule has 3 aromatic rings. The second-order valence-corrected chi connectivity index (χ2v) is 6.41. The summed E-state index contributed by atoms with van der Waals surface area (Å²) in [4.78, 5) is 31.1. The molecule has 2 heterocycles. The first-order valence-corrected chi connectivity index (χ1v) is 8.43. The number of nitrogens with one attached hydrogen (secondary N) is 1. The van der Waals surface area contributed by atoms with E-state index in [9.17, 15) is 14.7 Å². The Balaban J connectivity index is 2.06. The summed E-state index contributed by atoms with van der Waals surface area (Å²) in [6.07, 6.45) is 3.37. The standard InChI is InChI=1S/C18H16N2O5S/c1-9-13-16(21)19-12(20-17(13)26-15(9)18(22)23)8-7-10-5-4-6-11(24-2)14(10)25-3/h4-8H,1-3H3,(H,22,23)(H,19,20,21)/b8-7+. The van der Waals surface area contributed by atoms with Gasteiger partial charge in [-0.3, -0.25) is 4.79 Å². The maximum absolute atomic E-state index is 12.3. The van der Waals surface area contributed by atoms with Crippen LogP contribution < -0.4 is 15.0 Å². The summed E-state index contributed by atoms with van der Waals surface area (Å²) in [5.74, 6) is 0.412. The van der Waals surface area contributed by atoms with E-state index in [1.165, 1.54) is 0 Å². The fraction of sp³-hybridized carbons (Fsp3) is 0.167. The van der Waals surface area contributed by atoms with E-state index in [1.54, 1.807) is 39.4 Å². The van der Waals surface area contributed by atoms with Crippen molar-refractivity contribution in [2.45, 2.75) is 6.92 Å². The van der Waals surface area contributed by atoms with Gasteiger partial charge in [-0.05, 0) is 30.7 Å². The van der Waals surface area contributed by atoms with Crippen LogP contribution in [0.25, 0.3) is 22.4 Å². The number of ether oxygens (including phenoxy) is 2. The number of aromatic amines is 1. The van der Waals surface area contributed by atoms with Crippen LogP contribution in [0.2, 0.25) is 0 Å². The molecule has 0 amide bonds. The molecular weight excluding hydrogens is 356 g/mol. The van der Waals surface area contributed by atoms with Crippen LogP contribution in [0.3, 0.4) is 0 Å². The topological polar surface area (TPSA) is 102 Å². The number of aryl methyl sites for hydroxylation is 1. The Hall–Kier alpha value is -3.13. The van der Waals surface area contributed by atoms with Gasteiger partial charge in [0.2, 0.25) is 0 Å². The van der Waals surface area contributed by atoms with Crippen molar-refractivity contribution in [2.75, 3.05) is 14.2 Å². The molecule has 0 atom stereocenters. The number of hydrogen-bond acceptors (Lipinski definition) is 6. The van der Waals surface area contributed by atoms with Gasteiger partial charge in [0.15, 0.2) is 11.5 Å². The molecule has 0 spiro atoms. The molecule has 0 aliphatic rings. The second-order valence-electron chi connectivity index (χ2n) is 5.41. The first kappa shape index (κ1) is 17.7. The molecule has 1 aromatic carbocycles. The van der Waals surface area contributed by atoms with Crippen molar-refractivity contribution in [1.82, 2.24) is 9.97 Å². The highest BCUT2D eigenvalue weighted by Crippen LogP contribution is 2.32. The van der Waals surface area contributed by atoms with Gasteiger partial charge in [-0.1, -0.05) is 12.1 Å². The van der Waals surface area contributed by atoms with Crippen molar-refractivity contribution in [3.05, 3.63) is 50.4 Å². The van der Waals surface area contributed by atoms with Gasteiger partial charge in [0, 0.05) is 5.56 Å². The van der Waals surface area contributed by atoms with Crippen LogP contribution in [0, 0.1) is 6.92 Å². The molecule has 0 saturated heterocycles. The van der Waals surface area contributed by atoms with Crippen molar-refractivity contribution in [3.63, 3.8) is 0 Å². The van der Waals surface area contributed by atoms with Crippen LogP contribution in [0.15, 0.2) is 23.0 Å². The highest BCUT2D eigenvalue weighted by molar-refractivity contribution is 7.20. The first-order chi connectivity index (χ1) is 12.5. The summed E-state index contributed by atoms with van der Waals surface area (Å²) < 4.78 is 10.6. The second kappa shape index (κ2) is 7.01. The lowest BCUT2D eigenvalue weighted by molar-refractivity contribution is 0.0701. The number of rotatable bonds is 5. The Kier molecular flexibility index (Phi) is 4.77. The minimum Gasteiger partial charge on any atom is -0.493 e. The van der Waals surface area contributed by atoms with E-state index in [2.05, 4.69) is 9.97 Å². The fourth-order valence-corrected chi connectivity index (χ4v) is 3.68. The molecule has 0 aliphatic carbocycles. The number of carbonyl (C=O) groups is 1. The molecule has 0 saturated carbocycles. The number of aromatic carboxylic acids is 1. The Bertz CT molecular complexity index is 1080. The van der Waals surface area contributed by atoms with Gasteiger partial charge in [-0.2, -0.15) is 0 Å². The zero-order valence-corrected chi connectivity index (χ0v) is 15.1. The molecule has 134 valence electrons. The molecule has 0 bridgehead atoms. The number of benzene rings is 1. The van der Waals surface area contributed by atoms with Crippen LogP contribution in [-0.4, -0.2) is 35.3 Å². The Morgan fingerprint density at radius 1 is 1.27 bits per heavy atom. The fourth-order valence-electron chi connectivity index (χ4n) is 2.66. The summed E-state index contributed by atoms with van der Waals surface area (Å²) in [5.41, 5.74) is 0.813. The monoisotopic (exact) mass is 372 g/mol. The third kappa shape index (κ3) is 3.06. The predicted octanol–water partition coefficient (Wildman–Crippen LogP) is 3.18. The molecule has 2 aromatic heterocycles. The van der Waals surface area contributed by atoms with Crippen molar-refractivity contribution in [1.29, 1.82) is 0 Å². The summed E-state index contributed by atoms with van der Waals surface area (Å²) in [7, 11) is 3.10. The minimum absolute atomic E-state index is 0.119. The lowest BCUT2D eigenvalue weighted by atomic mass is 10.1. The van der Waals surface area contributed by atoms with Crippen molar-refractivity contribution < 1.29 is 19.4 Å². The zero-order chi connectivity index (χ0) is 18.8. The molecule has 0 unspecified atom stereocenters. The molecular formula is C18H16N2O5S. The largest absolute Gasteiger partial charge is 0.493 e. The minimum atomic E-state index is -1.07. The highest BCUT2D eigenvalue weighted by atomic mass is 32.1.